The standard InChI is InChI=1S/C12H9F3N2O/c13-12(14,15)8-1-4-10(5-2-8)18-11-6-3-9(16)7-17-11/h1-7H,16H2. The van der Waals surface area contributed by atoms with Crippen LogP contribution in [-0.2, 0) is 6.18 Å². The lowest BCUT2D eigenvalue weighted by Crippen LogP contribution is -2.04. The number of hydrogen-bond acceptors (Lipinski definition) is 3. The van der Waals surface area contributed by atoms with Gasteiger partial charge in [0.1, 0.15) is 5.75 Å². The second kappa shape index (κ2) is 4.56. The zero-order valence-corrected chi connectivity index (χ0v) is 9.11. The van der Waals surface area contributed by atoms with Crippen LogP contribution < -0.4 is 10.5 Å². The van der Waals surface area contributed by atoms with Gasteiger partial charge in [-0.15, -0.1) is 0 Å². The number of nitrogens with two attached hydrogens (primary N) is 1. The van der Waals surface area contributed by atoms with Crippen molar-refractivity contribution >= 4 is 5.69 Å². The van der Waals surface area contributed by atoms with Gasteiger partial charge in [0.05, 0.1) is 17.4 Å². The highest BCUT2D eigenvalue weighted by Crippen LogP contribution is 2.31. The Kier molecular flexibility index (Phi) is 3.10. The summed E-state index contributed by atoms with van der Waals surface area (Å²) in [5, 5.41) is 0. The summed E-state index contributed by atoms with van der Waals surface area (Å²) in [4.78, 5) is 3.88. The summed E-state index contributed by atoms with van der Waals surface area (Å²) < 4.78 is 42.2. The molecule has 1 heterocycles. The molecule has 0 radical (unpaired) electrons. The normalized spacial score (nSPS) is 11.3. The van der Waals surface area contributed by atoms with E-state index in [-0.39, 0.29) is 11.6 Å². The van der Waals surface area contributed by atoms with Gasteiger partial charge in [-0.05, 0) is 30.3 Å². The van der Waals surface area contributed by atoms with Crippen molar-refractivity contribution in [2.75, 3.05) is 5.73 Å². The van der Waals surface area contributed by atoms with E-state index >= 15 is 0 Å². The van der Waals surface area contributed by atoms with Crippen molar-refractivity contribution in [1.29, 1.82) is 0 Å². The van der Waals surface area contributed by atoms with Crippen molar-refractivity contribution in [1.82, 2.24) is 4.98 Å². The minimum absolute atomic E-state index is 0.268. The quantitative estimate of drug-likeness (QED) is 0.892. The van der Waals surface area contributed by atoms with Crippen LogP contribution in [0.5, 0.6) is 11.6 Å². The third kappa shape index (κ3) is 2.91. The highest BCUT2D eigenvalue weighted by atomic mass is 19.4. The lowest BCUT2D eigenvalue weighted by atomic mass is 10.2. The Morgan fingerprint density at radius 2 is 1.67 bits per heavy atom. The van der Waals surface area contributed by atoms with E-state index in [0.29, 0.717) is 5.69 Å². The lowest BCUT2D eigenvalue weighted by molar-refractivity contribution is -0.137. The van der Waals surface area contributed by atoms with E-state index in [2.05, 4.69) is 4.98 Å². The second-order valence-corrected chi connectivity index (χ2v) is 3.55. The van der Waals surface area contributed by atoms with Gasteiger partial charge < -0.3 is 10.5 Å². The Bertz CT molecular complexity index is 521. The van der Waals surface area contributed by atoms with Crippen molar-refractivity contribution in [3.8, 4) is 11.6 Å². The van der Waals surface area contributed by atoms with Gasteiger partial charge in [-0.1, -0.05) is 0 Å². The molecule has 0 fully saturated rings. The Hall–Kier alpha value is -2.24. The van der Waals surface area contributed by atoms with Gasteiger partial charge in [0.25, 0.3) is 0 Å². The fourth-order valence-electron chi connectivity index (χ4n) is 1.28. The van der Waals surface area contributed by atoms with Gasteiger partial charge in [-0.25, -0.2) is 4.98 Å². The predicted molar refractivity (Wildman–Crippen MR) is 60.2 cm³/mol. The van der Waals surface area contributed by atoms with Crippen LogP contribution in [0.25, 0.3) is 0 Å². The summed E-state index contributed by atoms with van der Waals surface area (Å²) in [6.07, 6.45) is -2.95. The molecule has 0 atom stereocenters. The molecule has 0 unspecified atom stereocenters. The molecule has 2 aromatic rings. The molecule has 2 rings (SSSR count). The minimum atomic E-state index is -4.35. The average molecular weight is 254 g/mol. The first-order chi connectivity index (χ1) is 8.45. The van der Waals surface area contributed by atoms with Gasteiger partial charge in [0, 0.05) is 6.07 Å². The van der Waals surface area contributed by atoms with Gasteiger partial charge in [0.2, 0.25) is 5.88 Å². The smallest absolute Gasteiger partial charge is 0.416 e. The molecule has 3 nitrogen and oxygen atoms in total. The topological polar surface area (TPSA) is 48.1 Å². The number of benzene rings is 1. The maximum absolute atomic E-state index is 12.3. The Morgan fingerprint density at radius 3 is 2.17 bits per heavy atom. The molecule has 18 heavy (non-hydrogen) atoms. The summed E-state index contributed by atoms with van der Waals surface area (Å²) in [5.74, 6) is 0.546. The minimum Gasteiger partial charge on any atom is -0.439 e. The van der Waals surface area contributed by atoms with Crippen LogP contribution in [0.3, 0.4) is 0 Å². The van der Waals surface area contributed by atoms with Crippen molar-refractivity contribution in [2.24, 2.45) is 0 Å². The van der Waals surface area contributed by atoms with Crippen LogP contribution in [-0.4, -0.2) is 4.98 Å². The van der Waals surface area contributed by atoms with Crippen LogP contribution in [0.4, 0.5) is 18.9 Å². The van der Waals surface area contributed by atoms with Crippen molar-refractivity contribution in [2.45, 2.75) is 6.18 Å². The monoisotopic (exact) mass is 254 g/mol. The number of ether oxygens (including phenoxy) is 1. The van der Waals surface area contributed by atoms with Crippen LogP contribution in [0.2, 0.25) is 0 Å². The molecule has 0 aliphatic carbocycles. The van der Waals surface area contributed by atoms with E-state index in [4.69, 9.17) is 10.5 Å². The number of nitrogens with zero attached hydrogens (tertiary/aromatic N) is 1. The first kappa shape index (κ1) is 12.2. The van der Waals surface area contributed by atoms with Crippen molar-refractivity contribution in [3.63, 3.8) is 0 Å². The average Bonchev–Trinajstić information content (AvgIpc) is 2.32. The van der Waals surface area contributed by atoms with Gasteiger partial charge in [-0.2, -0.15) is 13.2 Å². The number of pyridine rings is 1. The number of hydrogen-bond donors (Lipinski definition) is 1. The fourth-order valence-corrected chi connectivity index (χ4v) is 1.28. The van der Waals surface area contributed by atoms with E-state index in [0.717, 1.165) is 12.1 Å². The molecule has 94 valence electrons. The largest absolute Gasteiger partial charge is 0.439 e. The van der Waals surface area contributed by atoms with E-state index in [1.165, 1.54) is 24.4 Å². The molecule has 0 spiro atoms. The molecule has 0 saturated carbocycles. The number of nitrogen functional groups attached to an aromatic ring is 1. The third-order valence-electron chi connectivity index (χ3n) is 2.16. The van der Waals surface area contributed by atoms with Gasteiger partial charge in [-0.3, -0.25) is 0 Å². The van der Waals surface area contributed by atoms with Crippen LogP contribution in [0, 0.1) is 0 Å². The summed E-state index contributed by atoms with van der Waals surface area (Å²) in [6, 6.07) is 7.50. The molecule has 1 aromatic carbocycles. The maximum atomic E-state index is 12.3. The van der Waals surface area contributed by atoms with E-state index in [1.54, 1.807) is 6.07 Å². The Labute approximate surface area is 101 Å². The SMILES string of the molecule is Nc1ccc(Oc2ccc(C(F)(F)F)cc2)nc1. The molecule has 0 aliphatic heterocycles. The molecular weight excluding hydrogens is 245 g/mol. The molecule has 0 aliphatic rings. The summed E-state index contributed by atoms with van der Waals surface area (Å²) >= 11 is 0. The zero-order valence-electron chi connectivity index (χ0n) is 9.11. The summed E-state index contributed by atoms with van der Waals surface area (Å²) in [7, 11) is 0. The van der Waals surface area contributed by atoms with Crippen molar-refractivity contribution in [3.05, 3.63) is 48.2 Å². The van der Waals surface area contributed by atoms with E-state index in [1.807, 2.05) is 0 Å². The van der Waals surface area contributed by atoms with Crippen LogP contribution in [0.1, 0.15) is 5.56 Å². The Morgan fingerprint density at radius 1 is 1.00 bits per heavy atom. The number of aromatic nitrogens is 1. The number of alkyl halides is 3. The lowest BCUT2D eigenvalue weighted by Gasteiger charge is -2.08. The highest BCUT2D eigenvalue weighted by molar-refractivity contribution is 5.38. The molecule has 1 aromatic heterocycles. The van der Waals surface area contributed by atoms with Crippen LogP contribution >= 0.6 is 0 Å². The highest BCUT2D eigenvalue weighted by Gasteiger charge is 2.30. The van der Waals surface area contributed by atoms with Crippen molar-refractivity contribution < 1.29 is 17.9 Å². The third-order valence-corrected chi connectivity index (χ3v) is 2.16. The number of rotatable bonds is 2. The number of anilines is 1. The first-order valence-corrected chi connectivity index (χ1v) is 5.02. The molecule has 6 heteroatoms. The van der Waals surface area contributed by atoms with Gasteiger partial charge >= 0.3 is 6.18 Å². The van der Waals surface area contributed by atoms with Gasteiger partial charge in [0.15, 0.2) is 0 Å². The molecule has 0 amide bonds. The summed E-state index contributed by atoms with van der Waals surface area (Å²) in [6.45, 7) is 0. The molecule has 2 N–H and O–H groups in total. The van der Waals surface area contributed by atoms with Crippen LogP contribution in [0.15, 0.2) is 42.6 Å². The van der Waals surface area contributed by atoms with E-state index < -0.39 is 11.7 Å². The fraction of sp³-hybridized carbons (Fsp3) is 0.0833. The molecule has 0 bridgehead atoms. The second-order valence-electron chi connectivity index (χ2n) is 3.55. The van der Waals surface area contributed by atoms with E-state index in [9.17, 15) is 13.2 Å². The Balaban J connectivity index is 2.13. The number of halogens is 3. The maximum Gasteiger partial charge on any atom is 0.416 e. The first-order valence-electron chi connectivity index (χ1n) is 5.02. The predicted octanol–water partition coefficient (Wildman–Crippen LogP) is 3.47. The molecule has 0 saturated heterocycles. The zero-order chi connectivity index (χ0) is 13.2. The molecular formula is C12H9F3N2O. The summed E-state index contributed by atoms with van der Waals surface area (Å²) in [5.41, 5.74) is 5.20.